The van der Waals surface area contributed by atoms with Crippen LogP contribution in [0.4, 0.5) is 5.82 Å². The van der Waals surface area contributed by atoms with E-state index in [0.29, 0.717) is 0 Å². The fraction of sp³-hybridized carbons (Fsp3) is 0.643. The molecule has 1 aromatic heterocycles. The summed E-state index contributed by atoms with van der Waals surface area (Å²) >= 11 is 3.52. The third-order valence-electron chi connectivity index (χ3n) is 3.24. The molecule has 0 aliphatic heterocycles. The van der Waals surface area contributed by atoms with Crippen LogP contribution < -0.4 is 10.2 Å². The lowest BCUT2D eigenvalue weighted by Gasteiger charge is -2.24. The Labute approximate surface area is 118 Å². The monoisotopic (exact) mass is 311 g/mol. The highest BCUT2D eigenvalue weighted by atomic mass is 79.9. The van der Waals surface area contributed by atoms with Crippen LogP contribution in [0.3, 0.4) is 0 Å². The van der Waals surface area contributed by atoms with Gasteiger partial charge in [0.1, 0.15) is 5.82 Å². The summed E-state index contributed by atoms with van der Waals surface area (Å²) in [5, 5.41) is 3.57. The van der Waals surface area contributed by atoms with Gasteiger partial charge in [-0.2, -0.15) is 0 Å². The fourth-order valence-corrected chi connectivity index (χ4v) is 2.49. The number of nitrogens with one attached hydrogen (secondary N) is 1. The zero-order valence-electron chi connectivity index (χ0n) is 11.2. The van der Waals surface area contributed by atoms with E-state index in [2.05, 4.69) is 51.0 Å². The van der Waals surface area contributed by atoms with Gasteiger partial charge in [-0.25, -0.2) is 4.98 Å². The summed E-state index contributed by atoms with van der Waals surface area (Å²) in [5.41, 5.74) is 1.30. The molecule has 0 aromatic carbocycles. The Kier molecular flexibility index (Phi) is 5.01. The lowest BCUT2D eigenvalue weighted by atomic mass is 10.2. The van der Waals surface area contributed by atoms with Crippen molar-refractivity contribution < 1.29 is 0 Å². The molecule has 0 radical (unpaired) electrons. The predicted molar refractivity (Wildman–Crippen MR) is 80.0 cm³/mol. The molecule has 1 fully saturated rings. The minimum Gasteiger partial charge on any atom is -0.357 e. The molecular weight excluding hydrogens is 290 g/mol. The second-order valence-electron chi connectivity index (χ2n) is 4.87. The van der Waals surface area contributed by atoms with Gasteiger partial charge in [0.2, 0.25) is 0 Å². The van der Waals surface area contributed by atoms with Crippen molar-refractivity contribution in [3.05, 3.63) is 22.3 Å². The van der Waals surface area contributed by atoms with Crippen LogP contribution in [0.15, 0.2) is 16.7 Å². The van der Waals surface area contributed by atoms with Crippen molar-refractivity contribution in [3.63, 3.8) is 0 Å². The Morgan fingerprint density at radius 1 is 1.44 bits per heavy atom. The SMILES string of the molecule is CCCN(CC)c1ncc(Br)cc1CNC1CC1. The molecule has 0 atom stereocenters. The summed E-state index contributed by atoms with van der Waals surface area (Å²) in [5.74, 6) is 1.13. The van der Waals surface area contributed by atoms with Gasteiger partial charge in [-0.05, 0) is 48.2 Å². The molecule has 1 aliphatic rings. The molecule has 3 nitrogen and oxygen atoms in total. The third-order valence-corrected chi connectivity index (χ3v) is 3.68. The number of hydrogen-bond acceptors (Lipinski definition) is 3. The standard InChI is InChI=1S/C14H22BrN3/c1-3-7-18(4-2)14-11(8-12(15)10-17-14)9-16-13-5-6-13/h8,10,13,16H,3-7,9H2,1-2H3. The van der Waals surface area contributed by atoms with E-state index in [1.807, 2.05) is 6.20 Å². The molecule has 4 heteroatoms. The third kappa shape index (κ3) is 3.69. The molecule has 100 valence electrons. The average molecular weight is 312 g/mol. The smallest absolute Gasteiger partial charge is 0.133 e. The number of halogens is 1. The van der Waals surface area contributed by atoms with Crippen molar-refractivity contribution in [1.29, 1.82) is 0 Å². The first-order chi connectivity index (χ1) is 8.74. The second-order valence-corrected chi connectivity index (χ2v) is 5.79. The van der Waals surface area contributed by atoms with Crippen LogP contribution in [0.2, 0.25) is 0 Å². The largest absolute Gasteiger partial charge is 0.357 e. The molecule has 0 spiro atoms. The Hall–Kier alpha value is -0.610. The van der Waals surface area contributed by atoms with Crippen LogP contribution in [-0.2, 0) is 6.54 Å². The Morgan fingerprint density at radius 3 is 2.83 bits per heavy atom. The molecule has 1 aliphatic carbocycles. The summed E-state index contributed by atoms with van der Waals surface area (Å²) in [6, 6.07) is 2.92. The molecule has 0 unspecified atom stereocenters. The highest BCUT2D eigenvalue weighted by Gasteiger charge is 2.21. The quantitative estimate of drug-likeness (QED) is 0.837. The van der Waals surface area contributed by atoms with Gasteiger partial charge in [-0.15, -0.1) is 0 Å². The summed E-state index contributed by atoms with van der Waals surface area (Å²) < 4.78 is 1.06. The number of anilines is 1. The molecular formula is C14H22BrN3. The zero-order valence-corrected chi connectivity index (χ0v) is 12.8. The highest BCUT2D eigenvalue weighted by molar-refractivity contribution is 9.10. The maximum Gasteiger partial charge on any atom is 0.133 e. The first-order valence-corrected chi connectivity index (χ1v) is 7.66. The highest BCUT2D eigenvalue weighted by Crippen LogP contribution is 2.24. The molecule has 1 heterocycles. The van der Waals surface area contributed by atoms with Gasteiger partial charge >= 0.3 is 0 Å². The van der Waals surface area contributed by atoms with Crippen LogP contribution in [-0.4, -0.2) is 24.1 Å². The van der Waals surface area contributed by atoms with Gasteiger partial charge in [0.15, 0.2) is 0 Å². The van der Waals surface area contributed by atoms with Gasteiger partial charge in [-0.3, -0.25) is 0 Å². The van der Waals surface area contributed by atoms with Crippen LogP contribution in [0.1, 0.15) is 38.7 Å². The van der Waals surface area contributed by atoms with Gasteiger partial charge in [0.25, 0.3) is 0 Å². The summed E-state index contributed by atoms with van der Waals surface area (Å²) in [6.07, 6.45) is 5.70. The zero-order chi connectivity index (χ0) is 13.0. The van der Waals surface area contributed by atoms with Crippen LogP contribution in [0.25, 0.3) is 0 Å². The minimum absolute atomic E-state index is 0.734. The first kappa shape index (κ1) is 13.8. The number of rotatable bonds is 7. The molecule has 1 N–H and O–H groups in total. The molecule has 0 bridgehead atoms. The maximum absolute atomic E-state index is 4.61. The van der Waals surface area contributed by atoms with Crippen LogP contribution in [0.5, 0.6) is 0 Å². The summed E-state index contributed by atoms with van der Waals surface area (Å²) in [4.78, 5) is 6.96. The van der Waals surface area contributed by atoms with Crippen LogP contribution >= 0.6 is 15.9 Å². The maximum atomic E-state index is 4.61. The lowest BCUT2D eigenvalue weighted by Crippen LogP contribution is -2.27. The van der Waals surface area contributed by atoms with E-state index in [1.165, 1.54) is 18.4 Å². The van der Waals surface area contributed by atoms with E-state index in [4.69, 9.17) is 0 Å². The predicted octanol–water partition coefficient (Wildman–Crippen LogP) is 3.33. The number of hydrogen-bond donors (Lipinski definition) is 1. The van der Waals surface area contributed by atoms with E-state index >= 15 is 0 Å². The van der Waals surface area contributed by atoms with Gasteiger partial charge in [0.05, 0.1) is 0 Å². The van der Waals surface area contributed by atoms with E-state index in [-0.39, 0.29) is 0 Å². The number of nitrogens with zero attached hydrogens (tertiary/aromatic N) is 2. The summed E-state index contributed by atoms with van der Waals surface area (Å²) in [6.45, 7) is 7.41. The molecule has 0 amide bonds. The first-order valence-electron chi connectivity index (χ1n) is 6.87. The lowest BCUT2D eigenvalue weighted by molar-refractivity contribution is 0.678. The molecule has 2 rings (SSSR count). The number of pyridine rings is 1. The topological polar surface area (TPSA) is 28.2 Å². The van der Waals surface area contributed by atoms with E-state index in [0.717, 1.165) is 42.4 Å². The van der Waals surface area contributed by atoms with Crippen molar-refractivity contribution in [1.82, 2.24) is 10.3 Å². The minimum atomic E-state index is 0.734. The Bertz CT molecular complexity index is 391. The molecule has 0 saturated heterocycles. The van der Waals surface area contributed by atoms with Crippen molar-refractivity contribution in [3.8, 4) is 0 Å². The normalized spacial score (nSPS) is 14.8. The number of aromatic nitrogens is 1. The average Bonchev–Trinajstić information content (AvgIpc) is 3.18. The second kappa shape index (κ2) is 6.53. The van der Waals surface area contributed by atoms with E-state index in [9.17, 15) is 0 Å². The molecule has 1 aromatic rings. The van der Waals surface area contributed by atoms with E-state index < -0.39 is 0 Å². The van der Waals surface area contributed by atoms with Crippen molar-refractivity contribution in [2.45, 2.75) is 45.7 Å². The van der Waals surface area contributed by atoms with Gasteiger partial charge < -0.3 is 10.2 Å². The van der Waals surface area contributed by atoms with Crippen molar-refractivity contribution in [2.24, 2.45) is 0 Å². The summed E-state index contributed by atoms with van der Waals surface area (Å²) in [7, 11) is 0. The molecule has 18 heavy (non-hydrogen) atoms. The van der Waals surface area contributed by atoms with Crippen LogP contribution in [0, 0.1) is 0 Å². The van der Waals surface area contributed by atoms with E-state index in [1.54, 1.807) is 0 Å². The van der Waals surface area contributed by atoms with Gasteiger partial charge in [-0.1, -0.05) is 6.92 Å². The van der Waals surface area contributed by atoms with Gasteiger partial charge in [0, 0.05) is 41.9 Å². The fourth-order valence-electron chi connectivity index (χ4n) is 2.11. The van der Waals surface area contributed by atoms with Crippen molar-refractivity contribution >= 4 is 21.7 Å². The Balaban J connectivity index is 2.14. The molecule has 1 saturated carbocycles. The Morgan fingerprint density at radius 2 is 2.22 bits per heavy atom. The van der Waals surface area contributed by atoms with Crippen molar-refractivity contribution in [2.75, 3.05) is 18.0 Å².